The van der Waals surface area contributed by atoms with Gasteiger partial charge in [0.05, 0.1) is 6.61 Å². The average molecular weight is 180 g/mol. The Kier molecular flexibility index (Phi) is 2.46. The number of ether oxygens (including phenoxy) is 1. The summed E-state index contributed by atoms with van der Waals surface area (Å²) in [4.78, 5) is 0. The van der Waals surface area contributed by atoms with Crippen LogP contribution in [0.4, 0.5) is 0 Å². The minimum absolute atomic E-state index is 0.331. The van der Waals surface area contributed by atoms with Crippen molar-refractivity contribution in [3.63, 3.8) is 0 Å². The van der Waals surface area contributed by atoms with E-state index in [4.69, 9.17) is 9.84 Å². The van der Waals surface area contributed by atoms with E-state index in [2.05, 4.69) is 12.6 Å². The minimum atomic E-state index is -1.08. The molecule has 1 heterocycles. The summed E-state index contributed by atoms with van der Waals surface area (Å²) < 4.78 is 5.04. The van der Waals surface area contributed by atoms with E-state index >= 15 is 0 Å². The van der Waals surface area contributed by atoms with E-state index in [1.807, 2.05) is 0 Å². The van der Waals surface area contributed by atoms with Crippen LogP contribution < -0.4 is 0 Å². The van der Waals surface area contributed by atoms with Gasteiger partial charge >= 0.3 is 0 Å². The second-order valence-electron chi connectivity index (χ2n) is 2.91. The van der Waals surface area contributed by atoms with E-state index < -0.39 is 23.2 Å². The first-order valence-corrected chi connectivity index (χ1v) is 3.86. The molecule has 0 saturated carbocycles. The molecule has 0 aliphatic carbocycles. The van der Waals surface area contributed by atoms with Crippen LogP contribution in [0.1, 0.15) is 6.92 Å². The van der Waals surface area contributed by atoms with Gasteiger partial charge in [0.15, 0.2) is 0 Å². The molecule has 0 spiro atoms. The maximum absolute atomic E-state index is 9.30. The smallest absolute Gasteiger partial charge is 0.130 e. The third-order valence-electron chi connectivity index (χ3n) is 1.95. The van der Waals surface area contributed by atoms with Gasteiger partial charge in [0, 0.05) is 0 Å². The maximum atomic E-state index is 9.30. The Hall–Kier alpha value is 0.190. The predicted octanol–water partition coefficient (Wildman–Crippen LogP) is -1.25. The number of hydrogen-bond acceptors (Lipinski definition) is 5. The predicted molar refractivity (Wildman–Crippen MR) is 41.4 cm³/mol. The fraction of sp³-hybridized carbons (Fsp3) is 1.00. The van der Waals surface area contributed by atoms with E-state index in [1.54, 1.807) is 0 Å². The van der Waals surface area contributed by atoms with Gasteiger partial charge < -0.3 is 20.1 Å². The van der Waals surface area contributed by atoms with Crippen LogP contribution in [0.2, 0.25) is 0 Å². The van der Waals surface area contributed by atoms with Crippen molar-refractivity contribution in [2.75, 3.05) is 6.61 Å². The highest BCUT2D eigenvalue weighted by Crippen LogP contribution is 2.31. The van der Waals surface area contributed by atoms with Crippen LogP contribution >= 0.6 is 12.6 Å². The van der Waals surface area contributed by atoms with E-state index in [-0.39, 0.29) is 6.61 Å². The van der Waals surface area contributed by atoms with Crippen molar-refractivity contribution in [1.82, 2.24) is 0 Å². The summed E-state index contributed by atoms with van der Waals surface area (Å²) in [6.07, 6.45) is -2.11. The molecule has 1 fully saturated rings. The summed E-state index contributed by atoms with van der Waals surface area (Å²) in [7, 11) is 0. The van der Waals surface area contributed by atoms with Crippen LogP contribution in [0, 0.1) is 0 Å². The van der Waals surface area contributed by atoms with Gasteiger partial charge in [-0.25, -0.2) is 0 Å². The van der Waals surface area contributed by atoms with E-state index in [0.29, 0.717) is 0 Å². The molecule has 66 valence electrons. The van der Waals surface area contributed by atoms with Crippen molar-refractivity contribution in [1.29, 1.82) is 0 Å². The Balaban J connectivity index is 2.73. The molecular weight excluding hydrogens is 168 g/mol. The molecule has 0 aromatic rings. The molecule has 0 amide bonds. The summed E-state index contributed by atoms with van der Waals surface area (Å²) in [5.41, 5.74) is -1.80. The van der Waals surface area contributed by atoms with Crippen LogP contribution in [-0.2, 0) is 4.74 Å². The van der Waals surface area contributed by atoms with Crippen molar-refractivity contribution in [3.8, 4) is 0 Å². The average Bonchev–Trinajstić information content (AvgIpc) is 2.17. The van der Waals surface area contributed by atoms with E-state index in [0.717, 1.165) is 0 Å². The zero-order chi connectivity index (χ0) is 8.65. The van der Waals surface area contributed by atoms with Crippen molar-refractivity contribution in [3.05, 3.63) is 0 Å². The Morgan fingerprint density at radius 2 is 2.09 bits per heavy atom. The monoisotopic (exact) mass is 180 g/mol. The number of rotatable bonds is 1. The molecule has 3 N–H and O–H groups in total. The number of hydrogen-bond donors (Lipinski definition) is 4. The van der Waals surface area contributed by atoms with Gasteiger partial charge in [-0.15, -0.1) is 12.6 Å². The van der Waals surface area contributed by atoms with Gasteiger partial charge in [-0.2, -0.15) is 0 Å². The normalized spacial score (nSPS) is 51.5. The number of aliphatic hydroxyl groups excluding tert-OH is 3. The Bertz CT molecular complexity index is 154. The van der Waals surface area contributed by atoms with Crippen LogP contribution in [0.3, 0.4) is 0 Å². The highest BCUT2D eigenvalue weighted by molar-refractivity contribution is 7.80. The molecule has 4 nitrogen and oxygen atoms in total. The van der Waals surface area contributed by atoms with Crippen molar-refractivity contribution in [2.24, 2.45) is 0 Å². The molecule has 0 radical (unpaired) electrons. The quantitative estimate of drug-likeness (QED) is 0.380. The molecule has 4 unspecified atom stereocenters. The molecule has 0 aromatic carbocycles. The lowest BCUT2D eigenvalue weighted by Crippen LogP contribution is -2.43. The maximum Gasteiger partial charge on any atom is 0.130 e. The summed E-state index contributed by atoms with van der Waals surface area (Å²) in [6.45, 7) is 1.19. The van der Waals surface area contributed by atoms with Gasteiger partial charge in [-0.3, -0.25) is 0 Å². The lowest BCUT2D eigenvalue weighted by Gasteiger charge is -2.24. The molecule has 0 bridgehead atoms. The van der Waals surface area contributed by atoms with E-state index in [1.165, 1.54) is 6.92 Å². The fourth-order valence-electron chi connectivity index (χ4n) is 1.06. The zero-order valence-electron chi connectivity index (χ0n) is 6.14. The Labute approximate surface area is 70.2 Å². The molecule has 4 atom stereocenters. The first kappa shape index (κ1) is 9.28. The second-order valence-corrected chi connectivity index (χ2v) is 3.42. The van der Waals surface area contributed by atoms with Gasteiger partial charge in [-0.1, -0.05) is 0 Å². The third-order valence-corrected chi connectivity index (χ3v) is 2.36. The largest absolute Gasteiger partial charge is 0.393 e. The van der Waals surface area contributed by atoms with Gasteiger partial charge in [0.25, 0.3) is 0 Å². The molecule has 1 saturated heterocycles. The van der Waals surface area contributed by atoms with Crippen molar-refractivity contribution >= 4 is 12.6 Å². The highest BCUT2D eigenvalue weighted by Gasteiger charge is 2.49. The third kappa shape index (κ3) is 1.39. The lowest BCUT2D eigenvalue weighted by molar-refractivity contribution is -0.0853. The Morgan fingerprint density at radius 3 is 2.27 bits per heavy atom. The molecule has 1 aliphatic heterocycles. The van der Waals surface area contributed by atoms with Crippen LogP contribution in [0.25, 0.3) is 0 Å². The number of aliphatic hydroxyl groups is 3. The zero-order valence-corrected chi connectivity index (χ0v) is 7.03. The van der Waals surface area contributed by atoms with Crippen molar-refractivity contribution < 1.29 is 20.1 Å². The first-order valence-electron chi connectivity index (χ1n) is 3.34. The van der Waals surface area contributed by atoms with Crippen LogP contribution in [0.5, 0.6) is 0 Å². The number of thiol groups is 1. The molecule has 0 aromatic heterocycles. The summed E-state index contributed by atoms with van der Waals surface area (Å²) in [5.74, 6) is 0. The standard InChI is InChI=1S/C6H12O4S/c1-6(2-7)4(9)3(8)5(11)10-6/h3-5,7-9,11H,2H2,1H3. The van der Waals surface area contributed by atoms with Crippen LogP contribution in [0.15, 0.2) is 0 Å². The first-order chi connectivity index (χ1) is 5.01. The molecule has 5 heteroatoms. The summed E-state index contributed by atoms with van der Waals surface area (Å²) >= 11 is 3.87. The summed E-state index contributed by atoms with van der Waals surface area (Å²) in [5, 5.41) is 27.3. The second kappa shape index (κ2) is 2.91. The summed E-state index contributed by atoms with van der Waals surface area (Å²) in [6, 6.07) is 0. The van der Waals surface area contributed by atoms with E-state index in [9.17, 15) is 10.2 Å². The Morgan fingerprint density at radius 1 is 1.55 bits per heavy atom. The lowest BCUT2D eigenvalue weighted by atomic mass is 9.99. The van der Waals surface area contributed by atoms with Gasteiger partial charge in [0.2, 0.25) is 0 Å². The minimum Gasteiger partial charge on any atom is -0.393 e. The topological polar surface area (TPSA) is 69.9 Å². The highest BCUT2D eigenvalue weighted by atomic mass is 32.1. The van der Waals surface area contributed by atoms with Crippen LogP contribution in [-0.4, -0.2) is 45.2 Å². The molecule has 1 aliphatic rings. The molecule has 1 rings (SSSR count). The molecule has 11 heavy (non-hydrogen) atoms. The van der Waals surface area contributed by atoms with Gasteiger partial charge in [-0.05, 0) is 6.92 Å². The van der Waals surface area contributed by atoms with Gasteiger partial charge in [0.1, 0.15) is 23.2 Å². The fourth-order valence-corrected chi connectivity index (χ4v) is 1.47. The SMILES string of the molecule is CC1(CO)OC(S)C(O)C1O. The molecular formula is C6H12O4S. The van der Waals surface area contributed by atoms with Crippen molar-refractivity contribution in [2.45, 2.75) is 30.2 Å².